The molecule has 3 aromatic heterocycles. The van der Waals surface area contributed by atoms with E-state index in [0.29, 0.717) is 35.9 Å². The summed E-state index contributed by atoms with van der Waals surface area (Å²) in [5, 5.41) is 13.8. The van der Waals surface area contributed by atoms with Crippen molar-refractivity contribution in [3.63, 3.8) is 0 Å². The second kappa shape index (κ2) is 13.2. The van der Waals surface area contributed by atoms with Crippen LogP contribution in [-0.4, -0.2) is 44.9 Å². The predicted molar refractivity (Wildman–Crippen MR) is 169 cm³/mol. The molecule has 3 heterocycles. The van der Waals surface area contributed by atoms with Crippen LogP contribution in [-0.2, 0) is 30.5 Å². The van der Waals surface area contributed by atoms with Gasteiger partial charge in [0.05, 0.1) is 32.4 Å². The van der Waals surface area contributed by atoms with Crippen LogP contribution in [0.15, 0.2) is 103 Å². The number of hydrogen-bond donors (Lipinski definition) is 2. The van der Waals surface area contributed by atoms with Gasteiger partial charge in [0, 0.05) is 47.9 Å². The van der Waals surface area contributed by atoms with E-state index in [-0.39, 0.29) is 12.3 Å². The minimum Gasteiger partial charge on any atom is -0.497 e. The average molecular weight is 587 g/mol. The maximum absolute atomic E-state index is 13.5. The molecule has 6 rings (SSSR count). The molecule has 0 fully saturated rings. The van der Waals surface area contributed by atoms with Gasteiger partial charge in [-0.05, 0) is 47.9 Å². The lowest BCUT2D eigenvalue weighted by molar-refractivity contribution is -0.121. The van der Waals surface area contributed by atoms with Crippen LogP contribution in [0.25, 0.3) is 16.6 Å². The Balaban J connectivity index is 1.43. The summed E-state index contributed by atoms with van der Waals surface area (Å²) in [5.74, 6) is 2.49. The number of pyridine rings is 1. The average Bonchev–Trinajstić information content (AvgIpc) is 3.68. The maximum Gasteiger partial charge on any atom is 0.226 e. The zero-order valence-corrected chi connectivity index (χ0v) is 24.7. The molecule has 9 heteroatoms. The van der Waals surface area contributed by atoms with Gasteiger partial charge >= 0.3 is 0 Å². The normalized spacial score (nSPS) is 11.8. The SMILES string of the molecule is COc1ccc(-n2c(CCc3ccccc3)nnc2C(Cc2c[nH]c3ccccc23)NC(=O)Cc2ccccn2)c(OC)c1. The van der Waals surface area contributed by atoms with Crippen LogP contribution in [0, 0.1) is 0 Å². The number of aromatic nitrogens is 5. The number of H-pyrrole nitrogens is 1. The second-order valence-corrected chi connectivity index (χ2v) is 10.5. The molecule has 0 saturated carbocycles. The molecule has 0 aliphatic rings. The standard InChI is InChI=1S/C35H34N6O3/c1-43-27-16-17-31(32(22-27)44-2)41-33(18-15-24-10-4-3-5-11-24)39-40-35(41)30(38-34(42)21-26-12-8-9-19-36-26)20-25-23-37-29-14-7-6-13-28(25)29/h3-14,16-17,19,22-23,30,37H,15,18,20-21H2,1-2H3,(H,38,42). The Morgan fingerprint density at radius 2 is 1.73 bits per heavy atom. The van der Waals surface area contributed by atoms with E-state index in [9.17, 15) is 4.79 Å². The highest BCUT2D eigenvalue weighted by atomic mass is 16.5. The van der Waals surface area contributed by atoms with Crippen molar-refractivity contribution in [2.75, 3.05) is 14.2 Å². The molecular weight excluding hydrogens is 552 g/mol. The van der Waals surface area contributed by atoms with Gasteiger partial charge in [-0.2, -0.15) is 0 Å². The first-order valence-corrected chi connectivity index (χ1v) is 14.6. The highest BCUT2D eigenvalue weighted by molar-refractivity contribution is 5.83. The molecule has 2 N–H and O–H groups in total. The molecule has 1 atom stereocenters. The quantitative estimate of drug-likeness (QED) is 0.194. The number of hydrogen-bond acceptors (Lipinski definition) is 6. The third-order valence-corrected chi connectivity index (χ3v) is 7.68. The lowest BCUT2D eigenvalue weighted by Gasteiger charge is -2.21. The van der Waals surface area contributed by atoms with Crippen molar-refractivity contribution >= 4 is 16.8 Å². The van der Waals surface area contributed by atoms with Gasteiger partial charge in [-0.1, -0.05) is 54.6 Å². The highest BCUT2D eigenvalue weighted by Crippen LogP contribution is 2.33. The molecule has 0 aliphatic carbocycles. The van der Waals surface area contributed by atoms with E-state index in [2.05, 4.69) is 38.6 Å². The van der Waals surface area contributed by atoms with Gasteiger partial charge in [-0.25, -0.2) is 0 Å². The number of benzene rings is 3. The summed E-state index contributed by atoms with van der Waals surface area (Å²) in [7, 11) is 3.25. The minimum absolute atomic E-state index is 0.145. The molecule has 0 radical (unpaired) electrons. The Bertz CT molecular complexity index is 1850. The first kappa shape index (κ1) is 28.7. The number of carbonyl (C=O) groups is 1. The van der Waals surface area contributed by atoms with E-state index in [1.807, 2.05) is 83.6 Å². The molecule has 0 saturated heterocycles. The summed E-state index contributed by atoms with van der Waals surface area (Å²) >= 11 is 0. The molecule has 0 aliphatic heterocycles. The van der Waals surface area contributed by atoms with E-state index in [1.165, 1.54) is 5.56 Å². The van der Waals surface area contributed by atoms with Gasteiger partial charge in [0.15, 0.2) is 5.82 Å². The number of aromatic amines is 1. The monoisotopic (exact) mass is 586 g/mol. The zero-order valence-electron chi connectivity index (χ0n) is 24.7. The molecule has 1 unspecified atom stereocenters. The largest absolute Gasteiger partial charge is 0.497 e. The summed E-state index contributed by atoms with van der Waals surface area (Å²) in [6.07, 6.45) is 5.73. The Morgan fingerprint density at radius 3 is 2.52 bits per heavy atom. The number of nitrogens with zero attached hydrogens (tertiary/aromatic N) is 4. The van der Waals surface area contributed by atoms with Crippen LogP contribution in [0.5, 0.6) is 11.5 Å². The Kier molecular flexibility index (Phi) is 8.63. The number of para-hydroxylation sites is 1. The highest BCUT2D eigenvalue weighted by Gasteiger charge is 2.27. The van der Waals surface area contributed by atoms with Crippen molar-refractivity contribution in [3.8, 4) is 17.2 Å². The molecule has 0 spiro atoms. The predicted octanol–water partition coefficient (Wildman–Crippen LogP) is 5.59. The van der Waals surface area contributed by atoms with E-state index in [4.69, 9.17) is 14.6 Å². The fourth-order valence-electron chi connectivity index (χ4n) is 5.49. The molecule has 3 aromatic carbocycles. The van der Waals surface area contributed by atoms with Crippen LogP contribution in [0.3, 0.4) is 0 Å². The lowest BCUT2D eigenvalue weighted by atomic mass is 10.0. The fourth-order valence-corrected chi connectivity index (χ4v) is 5.49. The van der Waals surface area contributed by atoms with Crippen LogP contribution in [0.1, 0.15) is 34.5 Å². The minimum atomic E-state index is -0.504. The second-order valence-electron chi connectivity index (χ2n) is 10.5. The Morgan fingerprint density at radius 1 is 0.909 bits per heavy atom. The van der Waals surface area contributed by atoms with E-state index < -0.39 is 6.04 Å². The van der Waals surface area contributed by atoms with Crippen molar-refractivity contribution in [1.82, 2.24) is 30.0 Å². The molecule has 222 valence electrons. The summed E-state index contributed by atoms with van der Waals surface area (Å²) in [5.41, 5.74) is 4.75. The molecule has 44 heavy (non-hydrogen) atoms. The molecule has 0 bridgehead atoms. The summed E-state index contributed by atoms with van der Waals surface area (Å²) in [6, 6.07) is 29.1. The first-order chi connectivity index (χ1) is 21.6. The Hall–Kier alpha value is -5.44. The summed E-state index contributed by atoms with van der Waals surface area (Å²) in [4.78, 5) is 21.2. The van der Waals surface area contributed by atoms with Crippen LogP contribution >= 0.6 is 0 Å². The molecule has 1 amide bonds. The van der Waals surface area contributed by atoms with Gasteiger partial charge in [0.25, 0.3) is 0 Å². The van der Waals surface area contributed by atoms with E-state index in [0.717, 1.165) is 34.4 Å². The number of fused-ring (bicyclic) bond motifs is 1. The van der Waals surface area contributed by atoms with Crippen molar-refractivity contribution in [2.45, 2.75) is 31.7 Å². The third-order valence-electron chi connectivity index (χ3n) is 7.68. The van der Waals surface area contributed by atoms with E-state index >= 15 is 0 Å². The number of nitrogens with one attached hydrogen (secondary N) is 2. The number of carbonyl (C=O) groups excluding carboxylic acids is 1. The first-order valence-electron chi connectivity index (χ1n) is 14.6. The summed E-state index contributed by atoms with van der Waals surface area (Å²) in [6.45, 7) is 0. The molecular formula is C35H34N6O3. The zero-order chi connectivity index (χ0) is 30.3. The van der Waals surface area contributed by atoms with Gasteiger partial charge in [-0.15, -0.1) is 10.2 Å². The van der Waals surface area contributed by atoms with Gasteiger partial charge in [0.1, 0.15) is 17.3 Å². The number of methoxy groups -OCH3 is 2. The van der Waals surface area contributed by atoms with Crippen LogP contribution in [0.4, 0.5) is 0 Å². The number of amides is 1. The summed E-state index contributed by atoms with van der Waals surface area (Å²) < 4.78 is 13.3. The number of rotatable bonds is 12. The van der Waals surface area contributed by atoms with Gasteiger partial charge < -0.3 is 19.8 Å². The van der Waals surface area contributed by atoms with Gasteiger partial charge in [0.2, 0.25) is 5.91 Å². The number of ether oxygens (including phenoxy) is 2. The number of aryl methyl sites for hydroxylation is 2. The van der Waals surface area contributed by atoms with Crippen molar-refractivity contribution in [1.29, 1.82) is 0 Å². The maximum atomic E-state index is 13.5. The smallest absolute Gasteiger partial charge is 0.226 e. The van der Waals surface area contributed by atoms with Crippen molar-refractivity contribution < 1.29 is 14.3 Å². The lowest BCUT2D eigenvalue weighted by Crippen LogP contribution is -2.33. The van der Waals surface area contributed by atoms with Crippen molar-refractivity contribution in [2.24, 2.45) is 0 Å². The van der Waals surface area contributed by atoms with Crippen LogP contribution < -0.4 is 14.8 Å². The topological polar surface area (TPSA) is 107 Å². The third kappa shape index (κ3) is 6.32. The van der Waals surface area contributed by atoms with Crippen LogP contribution in [0.2, 0.25) is 0 Å². The van der Waals surface area contributed by atoms with E-state index in [1.54, 1.807) is 20.4 Å². The van der Waals surface area contributed by atoms with Gasteiger partial charge in [-0.3, -0.25) is 14.3 Å². The van der Waals surface area contributed by atoms with Crippen molar-refractivity contribution in [3.05, 3.63) is 132 Å². The molecule has 6 aromatic rings. The Labute approximate surface area is 255 Å². The molecule has 9 nitrogen and oxygen atoms in total. The fraction of sp³-hybridized carbons (Fsp3) is 0.200.